The molecule has 1 fully saturated rings. The lowest BCUT2D eigenvalue weighted by molar-refractivity contribution is -0.141. The molecule has 0 saturated carbocycles. The van der Waals surface area contributed by atoms with Gasteiger partial charge < -0.3 is 10.0 Å². The lowest BCUT2D eigenvalue weighted by atomic mass is 10.1. The maximum Gasteiger partial charge on any atom is 0.327 e. The van der Waals surface area contributed by atoms with Crippen LogP contribution in [0.1, 0.15) is 24.3 Å². The molecule has 108 valence electrons. The number of hydrogen-bond donors (Lipinski definition) is 1. The summed E-state index contributed by atoms with van der Waals surface area (Å²) in [4.78, 5) is 29.5. The summed E-state index contributed by atoms with van der Waals surface area (Å²) in [5.74, 6) is -0.723. The van der Waals surface area contributed by atoms with Gasteiger partial charge >= 0.3 is 5.97 Å². The van der Waals surface area contributed by atoms with E-state index in [2.05, 4.69) is 20.9 Å². The van der Waals surface area contributed by atoms with Gasteiger partial charge in [0.05, 0.1) is 5.37 Å². The number of aliphatic carboxylic acids is 1. The number of nitrogens with zero attached hydrogens (tertiary/aromatic N) is 2. The molecule has 1 amide bonds. The highest BCUT2D eigenvalue weighted by atomic mass is 79.9. The van der Waals surface area contributed by atoms with Gasteiger partial charge in [0.15, 0.2) is 0 Å². The molecule has 7 heteroatoms. The van der Waals surface area contributed by atoms with E-state index >= 15 is 0 Å². The minimum atomic E-state index is -0.971. The molecule has 1 N–H and O–H groups in total. The van der Waals surface area contributed by atoms with E-state index in [1.54, 1.807) is 12.1 Å². The molecule has 0 aromatic carbocycles. The van der Waals surface area contributed by atoms with Crippen LogP contribution in [0, 0.1) is 5.92 Å². The standard InChI is InChI=1S/C13H15BrN2O3S/c1-7(2)12-16(9(6-20-12)13(18)19)11(17)10-8(14)4-3-5-15-10/h3-5,7,9,12H,6H2,1-2H3,(H,18,19). The fraction of sp³-hybridized carbons (Fsp3) is 0.462. The zero-order chi connectivity index (χ0) is 14.9. The molecule has 1 aliphatic heterocycles. The van der Waals surface area contributed by atoms with Gasteiger partial charge in [-0.3, -0.25) is 4.79 Å². The van der Waals surface area contributed by atoms with Gasteiger partial charge in [0.2, 0.25) is 0 Å². The van der Waals surface area contributed by atoms with Crippen LogP contribution in [0.2, 0.25) is 0 Å². The molecule has 0 bridgehead atoms. The van der Waals surface area contributed by atoms with E-state index < -0.39 is 12.0 Å². The van der Waals surface area contributed by atoms with Crippen molar-refractivity contribution in [2.75, 3.05) is 5.75 Å². The van der Waals surface area contributed by atoms with Crippen LogP contribution >= 0.6 is 27.7 Å². The number of carboxylic acids is 1. The fourth-order valence-electron chi connectivity index (χ4n) is 2.15. The molecule has 20 heavy (non-hydrogen) atoms. The van der Waals surface area contributed by atoms with Gasteiger partial charge in [0.1, 0.15) is 11.7 Å². The average Bonchev–Trinajstić information content (AvgIpc) is 2.83. The number of pyridine rings is 1. The quantitative estimate of drug-likeness (QED) is 0.898. The number of carbonyl (C=O) groups is 2. The largest absolute Gasteiger partial charge is 0.480 e. The summed E-state index contributed by atoms with van der Waals surface area (Å²) in [6, 6.07) is 2.64. The highest BCUT2D eigenvalue weighted by Gasteiger charge is 2.43. The van der Waals surface area contributed by atoms with Gasteiger partial charge in [-0.2, -0.15) is 0 Å². The number of aromatic nitrogens is 1. The molecule has 2 heterocycles. The molecule has 0 aliphatic carbocycles. The first kappa shape index (κ1) is 15.3. The van der Waals surface area contributed by atoms with Crippen LogP contribution < -0.4 is 0 Å². The van der Waals surface area contributed by atoms with E-state index in [0.717, 1.165) is 0 Å². The second-order valence-corrected chi connectivity index (χ2v) is 6.87. The van der Waals surface area contributed by atoms with Crippen molar-refractivity contribution in [3.8, 4) is 0 Å². The van der Waals surface area contributed by atoms with Crippen LogP contribution in [-0.4, -0.2) is 44.0 Å². The summed E-state index contributed by atoms with van der Waals surface area (Å²) >= 11 is 4.80. The van der Waals surface area contributed by atoms with Crippen LogP contribution in [0.15, 0.2) is 22.8 Å². The number of carbonyl (C=O) groups excluding carboxylic acids is 1. The topological polar surface area (TPSA) is 70.5 Å². The van der Waals surface area contributed by atoms with Crippen molar-refractivity contribution in [2.45, 2.75) is 25.3 Å². The first-order valence-corrected chi connectivity index (χ1v) is 8.05. The van der Waals surface area contributed by atoms with Crippen LogP contribution in [0.5, 0.6) is 0 Å². The Bertz CT molecular complexity index is 538. The maximum atomic E-state index is 12.7. The summed E-state index contributed by atoms with van der Waals surface area (Å²) in [5.41, 5.74) is 0.256. The molecule has 0 radical (unpaired) electrons. The Kier molecular flexibility index (Phi) is 4.70. The zero-order valence-corrected chi connectivity index (χ0v) is 13.5. The molecule has 0 spiro atoms. The Morgan fingerprint density at radius 2 is 2.25 bits per heavy atom. The SMILES string of the molecule is CC(C)C1SCC(C(=O)O)N1C(=O)c1ncccc1Br. The van der Waals surface area contributed by atoms with E-state index in [-0.39, 0.29) is 22.9 Å². The molecular formula is C13H15BrN2O3S. The summed E-state index contributed by atoms with van der Waals surface area (Å²) in [6.45, 7) is 3.96. The lowest BCUT2D eigenvalue weighted by Crippen LogP contribution is -2.47. The third kappa shape index (κ3) is 2.83. The Balaban J connectivity index is 2.37. The number of amides is 1. The summed E-state index contributed by atoms with van der Waals surface area (Å²) in [7, 11) is 0. The monoisotopic (exact) mass is 358 g/mol. The van der Waals surface area contributed by atoms with Crippen LogP contribution in [0.4, 0.5) is 0 Å². The number of carboxylic acid groups (broad SMARTS) is 1. The first-order chi connectivity index (χ1) is 9.43. The molecule has 1 saturated heterocycles. The average molecular weight is 359 g/mol. The first-order valence-electron chi connectivity index (χ1n) is 6.21. The van der Waals surface area contributed by atoms with Crippen molar-refractivity contribution in [3.63, 3.8) is 0 Å². The number of rotatable bonds is 3. The summed E-state index contributed by atoms with van der Waals surface area (Å²) in [5, 5.41) is 9.17. The van der Waals surface area contributed by atoms with Crippen molar-refractivity contribution in [2.24, 2.45) is 5.92 Å². The van der Waals surface area contributed by atoms with Gasteiger partial charge in [-0.15, -0.1) is 11.8 Å². The van der Waals surface area contributed by atoms with Gasteiger partial charge in [0.25, 0.3) is 5.91 Å². The Labute approximate surface area is 129 Å². The normalized spacial score (nSPS) is 22.3. The van der Waals surface area contributed by atoms with Crippen LogP contribution in [0.3, 0.4) is 0 Å². The van der Waals surface area contributed by atoms with Crippen molar-refractivity contribution < 1.29 is 14.7 Å². The number of thioether (sulfide) groups is 1. The molecule has 2 rings (SSSR count). The van der Waals surface area contributed by atoms with Crippen molar-refractivity contribution in [1.29, 1.82) is 0 Å². The maximum absolute atomic E-state index is 12.7. The molecule has 5 nitrogen and oxygen atoms in total. The van der Waals surface area contributed by atoms with Crippen molar-refractivity contribution in [1.82, 2.24) is 9.88 Å². The van der Waals surface area contributed by atoms with Gasteiger partial charge in [-0.05, 0) is 34.0 Å². The van der Waals surface area contributed by atoms with E-state index in [4.69, 9.17) is 0 Å². The second-order valence-electron chi connectivity index (χ2n) is 4.87. The van der Waals surface area contributed by atoms with Crippen molar-refractivity contribution >= 4 is 39.6 Å². The summed E-state index contributed by atoms with van der Waals surface area (Å²) in [6.07, 6.45) is 1.53. The minimum absolute atomic E-state index is 0.141. The van der Waals surface area contributed by atoms with Crippen LogP contribution in [-0.2, 0) is 4.79 Å². The predicted molar refractivity (Wildman–Crippen MR) is 80.6 cm³/mol. The minimum Gasteiger partial charge on any atom is -0.480 e. The molecule has 1 aromatic heterocycles. The fourth-order valence-corrected chi connectivity index (χ4v) is 4.05. The molecule has 2 unspecified atom stereocenters. The Morgan fingerprint density at radius 1 is 1.55 bits per heavy atom. The second kappa shape index (κ2) is 6.13. The summed E-state index contributed by atoms with van der Waals surface area (Å²) < 4.78 is 0.577. The molecule has 2 atom stereocenters. The smallest absolute Gasteiger partial charge is 0.327 e. The highest BCUT2D eigenvalue weighted by molar-refractivity contribution is 9.10. The Hall–Kier alpha value is -1.08. The van der Waals surface area contributed by atoms with Crippen LogP contribution in [0.25, 0.3) is 0 Å². The van der Waals surface area contributed by atoms with E-state index in [9.17, 15) is 14.7 Å². The molecule has 1 aliphatic rings. The van der Waals surface area contributed by atoms with Gasteiger partial charge in [0, 0.05) is 16.4 Å². The lowest BCUT2D eigenvalue weighted by Gasteiger charge is -2.29. The number of hydrogen-bond acceptors (Lipinski definition) is 4. The third-order valence-electron chi connectivity index (χ3n) is 3.09. The Morgan fingerprint density at radius 3 is 2.80 bits per heavy atom. The molecule has 1 aromatic rings. The molecular weight excluding hydrogens is 344 g/mol. The van der Waals surface area contributed by atoms with E-state index in [0.29, 0.717) is 10.2 Å². The van der Waals surface area contributed by atoms with Gasteiger partial charge in [-0.25, -0.2) is 9.78 Å². The van der Waals surface area contributed by atoms with E-state index in [1.807, 2.05) is 13.8 Å². The zero-order valence-electron chi connectivity index (χ0n) is 11.1. The third-order valence-corrected chi connectivity index (χ3v) is 5.35. The predicted octanol–water partition coefficient (Wildman–Crippen LogP) is 2.47. The van der Waals surface area contributed by atoms with E-state index in [1.165, 1.54) is 22.9 Å². The van der Waals surface area contributed by atoms with Crippen molar-refractivity contribution in [3.05, 3.63) is 28.5 Å². The highest BCUT2D eigenvalue weighted by Crippen LogP contribution is 2.35. The number of halogens is 1. The van der Waals surface area contributed by atoms with Gasteiger partial charge in [-0.1, -0.05) is 13.8 Å².